The SMILES string of the molecule is Cc1ccc(C(=O)NC2(CC(=O)O)CCOCC2)cc1NS(C)(=O)=O. The maximum absolute atomic E-state index is 12.6. The molecule has 1 aromatic rings. The minimum Gasteiger partial charge on any atom is -0.481 e. The Balaban J connectivity index is 2.24. The van der Waals surface area contributed by atoms with E-state index in [0.717, 1.165) is 6.26 Å². The third-order valence-corrected chi connectivity index (χ3v) is 4.70. The van der Waals surface area contributed by atoms with Crippen molar-refractivity contribution in [3.05, 3.63) is 29.3 Å². The van der Waals surface area contributed by atoms with Crippen LogP contribution < -0.4 is 10.0 Å². The number of rotatable bonds is 6. The van der Waals surface area contributed by atoms with E-state index < -0.39 is 27.4 Å². The van der Waals surface area contributed by atoms with E-state index in [2.05, 4.69) is 10.0 Å². The van der Waals surface area contributed by atoms with Crippen molar-refractivity contribution in [3.8, 4) is 0 Å². The van der Waals surface area contributed by atoms with Gasteiger partial charge in [0.05, 0.1) is 23.9 Å². The summed E-state index contributed by atoms with van der Waals surface area (Å²) < 4.78 is 30.5. The number of ether oxygens (including phenoxy) is 1. The molecule has 3 N–H and O–H groups in total. The molecule has 0 saturated carbocycles. The van der Waals surface area contributed by atoms with Crippen molar-refractivity contribution in [2.75, 3.05) is 24.2 Å². The highest BCUT2D eigenvalue weighted by atomic mass is 32.2. The molecule has 0 atom stereocenters. The van der Waals surface area contributed by atoms with E-state index in [-0.39, 0.29) is 12.0 Å². The maximum atomic E-state index is 12.6. The number of anilines is 1. The van der Waals surface area contributed by atoms with Crippen LogP contribution in [-0.2, 0) is 19.6 Å². The first-order valence-electron chi connectivity index (χ1n) is 7.81. The molecule has 0 aliphatic carbocycles. The Morgan fingerprint density at radius 2 is 1.92 bits per heavy atom. The van der Waals surface area contributed by atoms with Crippen molar-refractivity contribution in [1.29, 1.82) is 0 Å². The first-order valence-corrected chi connectivity index (χ1v) is 9.70. The first-order chi connectivity index (χ1) is 11.6. The van der Waals surface area contributed by atoms with Gasteiger partial charge in [-0.25, -0.2) is 8.42 Å². The predicted octanol–water partition coefficient (Wildman–Crippen LogP) is 1.12. The van der Waals surface area contributed by atoms with Gasteiger partial charge in [0.15, 0.2) is 0 Å². The lowest BCUT2D eigenvalue weighted by Crippen LogP contribution is -2.53. The standard InChI is InChI=1S/C16H22N2O6S/c1-11-3-4-12(9-13(11)18-25(2,22)23)15(21)17-16(10-14(19)20)5-7-24-8-6-16/h3-4,9,18H,5-8,10H2,1-2H3,(H,17,21)(H,19,20). The number of carbonyl (C=O) groups is 2. The van der Waals surface area contributed by atoms with Crippen LogP contribution in [-0.4, -0.2) is 50.4 Å². The number of carboxylic acids is 1. The highest BCUT2D eigenvalue weighted by Crippen LogP contribution is 2.26. The van der Waals surface area contributed by atoms with Crippen molar-refractivity contribution in [3.63, 3.8) is 0 Å². The molecule has 1 aliphatic heterocycles. The molecule has 0 unspecified atom stereocenters. The average Bonchev–Trinajstić information content (AvgIpc) is 2.48. The van der Waals surface area contributed by atoms with Gasteiger partial charge in [0.2, 0.25) is 10.0 Å². The molecule has 0 radical (unpaired) electrons. The lowest BCUT2D eigenvalue weighted by atomic mass is 9.86. The summed E-state index contributed by atoms with van der Waals surface area (Å²) >= 11 is 0. The van der Waals surface area contributed by atoms with Gasteiger partial charge in [-0.05, 0) is 37.5 Å². The Kier molecular flexibility index (Phi) is 5.69. The van der Waals surface area contributed by atoms with Gasteiger partial charge in [-0.1, -0.05) is 6.07 Å². The van der Waals surface area contributed by atoms with Gasteiger partial charge >= 0.3 is 5.97 Å². The van der Waals surface area contributed by atoms with Gasteiger partial charge in [0, 0.05) is 18.8 Å². The summed E-state index contributed by atoms with van der Waals surface area (Å²) in [7, 11) is -3.47. The topological polar surface area (TPSA) is 122 Å². The molecule has 8 nitrogen and oxygen atoms in total. The number of carboxylic acid groups (broad SMARTS) is 1. The Hall–Kier alpha value is -2.13. The van der Waals surface area contributed by atoms with Crippen LogP contribution in [0.4, 0.5) is 5.69 Å². The monoisotopic (exact) mass is 370 g/mol. The van der Waals surface area contributed by atoms with E-state index in [1.165, 1.54) is 6.07 Å². The van der Waals surface area contributed by atoms with Crippen LogP contribution in [0.1, 0.15) is 35.2 Å². The van der Waals surface area contributed by atoms with E-state index in [1.54, 1.807) is 19.1 Å². The minimum atomic E-state index is -3.47. The lowest BCUT2D eigenvalue weighted by Gasteiger charge is -2.36. The Morgan fingerprint density at radius 3 is 2.48 bits per heavy atom. The van der Waals surface area contributed by atoms with E-state index in [9.17, 15) is 18.0 Å². The number of aliphatic carboxylic acids is 1. The fourth-order valence-corrected chi connectivity index (χ4v) is 3.40. The zero-order chi connectivity index (χ0) is 18.7. The quantitative estimate of drug-likeness (QED) is 0.690. The van der Waals surface area contributed by atoms with Crippen LogP contribution in [0.25, 0.3) is 0 Å². The smallest absolute Gasteiger partial charge is 0.305 e. The van der Waals surface area contributed by atoms with Crippen molar-refractivity contribution in [2.24, 2.45) is 0 Å². The van der Waals surface area contributed by atoms with Crippen LogP contribution in [0.5, 0.6) is 0 Å². The Bertz CT molecular complexity index is 769. The summed E-state index contributed by atoms with van der Waals surface area (Å²) in [5.74, 6) is -1.44. The van der Waals surface area contributed by atoms with Crippen molar-refractivity contribution >= 4 is 27.6 Å². The molecule has 0 spiro atoms. The highest BCUT2D eigenvalue weighted by molar-refractivity contribution is 7.92. The second kappa shape index (κ2) is 7.40. The molecule has 9 heteroatoms. The summed E-state index contributed by atoms with van der Waals surface area (Å²) in [5.41, 5.74) is 0.381. The molecular weight excluding hydrogens is 348 g/mol. The van der Waals surface area contributed by atoms with Crippen molar-refractivity contribution < 1.29 is 27.9 Å². The normalized spacial score (nSPS) is 16.9. The number of hydrogen-bond donors (Lipinski definition) is 3. The first kappa shape index (κ1) is 19.2. The summed E-state index contributed by atoms with van der Waals surface area (Å²) in [5, 5.41) is 12.0. The predicted molar refractivity (Wildman–Crippen MR) is 92.1 cm³/mol. The van der Waals surface area contributed by atoms with Gasteiger partial charge < -0.3 is 15.2 Å². The fourth-order valence-electron chi connectivity index (χ4n) is 2.78. The summed E-state index contributed by atoms with van der Waals surface area (Å²) in [6, 6.07) is 4.65. The van der Waals surface area contributed by atoms with E-state index in [4.69, 9.17) is 9.84 Å². The third kappa shape index (κ3) is 5.43. The molecule has 1 fully saturated rings. The van der Waals surface area contributed by atoms with Crippen molar-refractivity contribution in [2.45, 2.75) is 31.7 Å². The number of sulfonamides is 1. The largest absolute Gasteiger partial charge is 0.481 e. The van der Waals surface area contributed by atoms with Crippen LogP contribution in [0.2, 0.25) is 0 Å². The molecule has 1 aromatic carbocycles. The molecule has 0 bridgehead atoms. The molecule has 0 aromatic heterocycles. The van der Waals surface area contributed by atoms with Crippen LogP contribution in [0.3, 0.4) is 0 Å². The van der Waals surface area contributed by atoms with Crippen molar-refractivity contribution in [1.82, 2.24) is 5.32 Å². The second-order valence-electron chi connectivity index (χ2n) is 6.32. The summed E-state index contributed by atoms with van der Waals surface area (Å²) in [4.78, 5) is 23.8. The number of hydrogen-bond acceptors (Lipinski definition) is 5. The second-order valence-corrected chi connectivity index (χ2v) is 8.07. The fraction of sp³-hybridized carbons (Fsp3) is 0.500. The van der Waals surface area contributed by atoms with Gasteiger partial charge in [-0.2, -0.15) is 0 Å². The zero-order valence-electron chi connectivity index (χ0n) is 14.2. The highest BCUT2D eigenvalue weighted by Gasteiger charge is 2.36. The molecule has 1 heterocycles. The molecule has 1 saturated heterocycles. The van der Waals surface area contributed by atoms with Gasteiger partial charge in [0.25, 0.3) is 5.91 Å². The Labute approximate surface area is 146 Å². The number of nitrogens with one attached hydrogen (secondary N) is 2. The molecule has 2 rings (SSSR count). The van der Waals surface area contributed by atoms with E-state index >= 15 is 0 Å². The number of aryl methyl sites for hydroxylation is 1. The van der Waals surface area contributed by atoms with Gasteiger partial charge in [0.1, 0.15) is 0 Å². The van der Waals surface area contributed by atoms with Crippen LogP contribution >= 0.6 is 0 Å². The average molecular weight is 370 g/mol. The lowest BCUT2D eigenvalue weighted by molar-refractivity contribution is -0.139. The minimum absolute atomic E-state index is 0.192. The molecule has 138 valence electrons. The molecule has 1 amide bonds. The molecular formula is C16H22N2O6S. The maximum Gasteiger partial charge on any atom is 0.305 e. The zero-order valence-corrected chi connectivity index (χ0v) is 15.0. The van der Waals surface area contributed by atoms with E-state index in [0.29, 0.717) is 37.3 Å². The third-order valence-electron chi connectivity index (χ3n) is 4.11. The molecule has 1 aliphatic rings. The van der Waals surface area contributed by atoms with E-state index in [1.807, 2.05) is 0 Å². The van der Waals surface area contributed by atoms with Gasteiger partial charge in [-0.3, -0.25) is 14.3 Å². The Morgan fingerprint density at radius 1 is 1.28 bits per heavy atom. The number of carbonyl (C=O) groups excluding carboxylic acids is 1. The summed E-state index contributed by atoms with van der Waals surface area (Å²) in [6.07, 6.45) is 1.65. The van der Waals surface area contributed by atoms with Crippen LogP contribution in [0, 0.1) is 6.92 Å². The molecule has 25 heavy (non-hydrogen) atoms. The number of benzene rings is 1. The number of amides is 1. The summed E-state index contributed by atoms with van der Waals surface area (Å²) in [6.45, 7) is 2.48. The van der Waals surface area contributed by atoms with Gasteiger partial charge in [-0.15, -0.1) is 0 Å². The van der Waals surface area contributed by atoms with Crippen LogP contribution in [0.15, 0.2) is 18.2 Å².